The van der Waals surface area contributed by atoms with Crippen molar-refractivity contribution in [2.45, 2.75) is 28.5 Å². The first-order valence-corrected chi connectivity index (χ1v) is 17.2. The minimum atomic E-state index is -2.20. The number of hydrogen-bond acceptors (Lipinski definition) is 11. The fourth-order valence-corrected chi connectivity index (χ4v) is 9.65. The molecule has 258 valence electrons. The third-order valence-corrected chi connectivity index (χ3v) is 12.1. The highest BCUT2D eigenvalue weighted by Crippen LogP contribution is 2.67. The molecule has 0 bridgehead atoms. The lowest BCUT2D eigenvalue weighted by atomic mass is 9.56. The number of phenols is 1. The van der Waals surface area contributed by atoms with Crippen LogP contribution in [0.3, 0.4) is 0 Å². The Bertz CT molecular complexity index is 1910. The van der Waals surface area contributed by atoms with E-state index in [1.807, 2.05) is 0 Å². The number of nitrogens with zero attached hydrogens (tertiary/aromatic N) is 5. The number of imide groups is 2. The lowest BCUT2D eigenvalue weighted by Gasteiger charge is -2.50. The van der Waals surface area contributed by atoms with Gasteiger partial charge in [0.2, 0.25) is 11.8 Å². The molecule has 15 nitrogen and oxygen atoms in total. The standard InChI is InChI=1S/C30H25Br2Cl2N5O10/c1-35(2)23-18(38(45)46)8-13(9-19(23)39(47)48)37-25(41)15-5-4-14-17(21(15)26(37)42)10-29(33)27(43)36(11-31)28(44)30(29,34)22(14)16-6-12(32)7-20(49-3)24(16)40/h4,6-9,15,17,21-22,40H,5,10-11H2,1-3H3. The number of amides is 4. The van der Waals surface area contributed by atoms with E-state index in [1.54, 1.807) is 6.08 Å². The molecule has 0 aromatic heterocycles. The maximum atomic E-state index is 14.4. The van der Waals surface area contributed by atoms with Crippen LogP contribution >= 0.6 is 55.1 Å². The molecule has 0 spiro atoms. The number of nitro groups is 2. The van der Waals surface area contributed by atoms with Crippen molar-refractivity contribution >= 4 is 101 Å². The number of benzene rings is 2. The number of hydrogen-bond donors (Lipinski definition) is 1. The van der Waals surface area contributed by atoms with Crippen LogP contribution in [0.15, 0.2) is 40.4 Å². The highest BCUT2D eigenvalue weighted by atomic mass is 79.9. The zero-order valence-electron chi connectivity index (χ0n) is 25.7. The number of ether oxygens (including phenoxy) is 1. The van der Waals surface area contributed by atoms with Crippen molar-refractivity contribution in [3.63, 3.8) is 0 Å². The average molecular weight is 846 g/mol. The topological polar surface area (TPSA) is 194 Å². The molecule has 4 aliphatic rings. The quantitative estimate of drug-likeness (QED) is 0.0989. The molecular formula is C30H25Br2Cl2N5O10. The number of rotatable bonds is 7. The number of anilines is 2. The summed E-state index contributed by atoms with van der Waals surface area (Å²) >= 11 is 21.0. The summed E-state index contributed by atoms with van der Waals surface area (Å²) in [7, 11) is 4.08. The number of likely N-dealkylation sites (tertiary alicyclic amines) is 1. The van der Waals surface area contributed by atoms with Gasteiger partial charge in [0.1, 0.15) is 0 Å². The van der Waals surface area contributed by atoms with Crippen LogP contribution in [0, 0.1) is 38.0 Å². The van der Waals surface area contributed by atoms with E-state index in [4.69, 9.17) is 27.9 Å². The summed E-state index contributed by atoms with van der Waals surface area (Å²) in [5.41, 5.74) is -1.92. The average Bonchev–Trinajstić information content (AvgIpc) is 3.38. The molecule has 2 aromatic rings. The second-order valence-electron chi connectivity index (χ2n) is 12.3. The van der Waals surface area contributed by atoms with E-state index in [2.05, 4.69) is 31.9 Å². The lowest BCUT2D eigenvalue weighted by Crippen LogP contribution is -2.60. The number of carbonyl (C=O) groups excluding carboxylic acids is 4. The Balaban J connectivity index is 1.54. The highest BCUT2D eigenvalue weighted by Gasteiger charge is 2.76. The van der Waals surface area contributed by atoms with Gasteiger partial charge in [0.25, 0.3) is 11.8 Å². The third-order valence-electron chi connectivity index (χ3n) is 9.77. The van der Waals surface area contributed by atoms with Gasteiger partial charge in [-0.2, -0.15) is 0 Å². The molecule has 1 saturated carbocycles. The summed E-state index contributed by atoms with van der Waals surface area (Å²) in [4.78, 5) is 77.1. The molecule has 2 aromatic carbocycles. The van der Waals surface area contributed by atoms with E-state index in [9.17, 15) is 44.5 Å². The first-order chi connectivity index (χ1) is 23.0. The first kappa shape index (κ1) is 35.0. The van der Waals surface area contributed by atoms with E-state index in [0.717, 1.165) is 17.0 Å². The minimum Gasteiger partial charge on any atom is -0.504 e. The Morgan fingerprint density at radius 2 is 1.63 bits per heavy atom. The first-order valence-electron chi connectivity index (χ1n) is 14.5. The molecule has 3 fully saturated rings. The molecule has 19 heteroatoms. The van der Waals surface area contributed by atoms with Crippen molar-refractivity contribution in [3.05, 3.63) is 66.2 Å². The number of fused-ring (bicyclic) bond motifs is 4. The minimum absolute atomic E-state index is 0.0120. The molecule has 6 unspecified atom stereocenters. The van der Waals surface area contributed by atoms with Gasteiger partial charge in [0.05, 0.1) is 39.9 Å². The Hall–Kier alpha value is -3.80. The van der Waals surface area contributed by atoms with Gasteiger partial charge in [-0.15, -0.1) is 23.2 Å². The summed E-state index contributed by atoms with van der Waals surface area (Å²) < 4.78 is 5.76. The lowest BCUT2D eigenvalue weighted by molar-refractivity contribution is -0.392. The normalized spacial score (nSPS) is 29.0. The highest BCUT2D eigenvalue weighted by molar-refractivity contribution is 9.10. The van der Waals surface area contributed by atoms with E-state index in [0.29, 0.717) is 14.9 Å². The molecule has 4 amide bonds. The summed E-state index contributed by atoms with van der Waals surface area (Å²) in [6.45, 7) is 0. The SMILES string of the molecule is COc1cc(Br)cc(C2C3=CCC4C(=O)N(c5cc([N+](=O)[O-])c(N(C)C)c([N+](=O)[O-])c5)C(=O)C4C3CC3(Cl)C(=O)N(CBr)C(=O)C23Cl)c1O. The summed E-state index contributed by atoms with van der Waals surface area (Å²) in [6.07, 6.45) is 1.20. The van der Waals surface area contributed by atoms with Gasteiger partial charge >= 0.3 is 11.4 Å². The number of allylic oxidation sites excluding steroid dienone is 2. The zero-order valence-corrected chi connectivity index (χ0v) is 30.4. The zero-order chi connectivity index (χ0) is 36.1. The van der Waals surface area contributed by atoms with Crippen molar-refractivity contribution in [2.24, 2.45) is 17.8 Å². The van der Waals surface area contributed by atoms with Gasteiger partial charge in [-0.3, -0.25) is 44.3 Å². The van der Waals surface area contributed by atoms with Gasteiger partial charge in [-0.05, 0) is 30.9 Å². The molecule has 2 aliphatic heterocycles. The van der Waals surface area contributed by atoms with Crippen LogP contribution < -0.4 is 14.5 Å². The van der Waals surface area contributed by atoms with Gasteiger partial charge in [-0.1, -0.05) is 43.5 Å². The van der Waals surface area contributed by atoms with Crippen LogP contribution in [0.4, 0.5) is 22.7 Å². The number of alkyl halides is 3. The van der Waals surface area contributed by atoms with Crippen molar-refractivity contribution < 1.29 is 38.9 Å². The summed E-state index contributed by atoms with van der Waals surface area (Å²) in [6, 6.07) is 4.83. The predicted molar refractivity (Wildman–Crippen MR) is 182 cm³/mol. The molecule has 2 aliphatic carbocycles. The van der Waals surface area contributed by atoms with E-state index in [-0.39, 0.29) is 41.0 Å². The van der Waals surface area contributed by atoms with Crippen molar-refractivity contribution in [3.8, 4) is 11.5 Å². The molecule has 2 saturated heterocycles. The van der Waals surface area contributed by atoms with Gasteiger partial charge in [0, 0.05) is 42.2 Å². The van der Waals surface area contributed by atoms with E-state index >= 15 is 0 Å². The maximum Gasteiger partial charge on any atom is 0.301 e. The van der Waals surface area contributed by atoms with Crippen molar-refractivity contribution in [1.29, 1.82) is 0 Å². The number of methoxy groups -OCH3 is 1. The number of nitro benzene ring substituents is 2. The second-order valence-corrected chi connectivity index (χ2v) is 14.9. The van der Waals surface area contributed by atoms with Crippen LogP contribution in [-0.2, 0) is 19.2 Å². The molecule has 6 rings (SSSR count). The molecular weight excluding hydrogens is 821 g/mol. The van der Waals surface area contributed by atoms with Gasteiger partial charge in [0.15, 0.2) is 26.9 Å². The van der Waals surface area contributed by atoms with E-state index in [1.165, 1.54) is 38.2 Å². The monoisotopic (exact) mass is 843 g/mol. The van der Waals surface area contributed by atoms with Gasteiger partial charge < -0.3 is 14.7 Å². The fourth-order valence-electron chi connectivity index (χ4n) is 7.78. The Morgan fingerprint density at radius 1 is 1.02 bits per heavy atom. The Labute approximate surface area is 304 Å². The van der Waals surface area contributed by atoms with Crippen LogP contribution in [0.2, 0.25) is 0 Å². The number of aromatic hydroxyl groups is 1. The van der Waals surface area contributed by atoms with Crippen LogP contribution in [0.25, 0.3) is 0 Å². The van der Waals surface area contributed by atoms with Crippen molar-refractivity contribution in [1.82, 2.24) is 4.90 Å². The summed E-state index contributed by atoms with van der Waals surface area (Å²) in [5.74, 6) is -8.25. The predicted octanol–water partition coefficient (Wildman–Crippen LogP) is 4.96. The third kappa shape index (κ3) is 4.72. The molecule has 49 heavy (non-hydrogen) atoms. The van der Waals surface area contributed by atoms with Crippen molar-refractivity contribution in [2.75, 3.05) is 36.5 Å². The van der Waals surface area contributed by atoms with Crippen LogP contribution in [0.1, 0.15) is 24.3 Å². The molecule has 0 radical (unpaired) electrons. The number of halogens is 4. The fraction of sp³-hybridized carbons (Fsp3) is 0.400. The number of phenolic OH excluding ortho intramolecular Hbond substituents is 1. The summed E-state index contributed by atoms with van der Waals surface area (Å²) in [5, 5.41) is 35.5. The van der Waals surface area contributed by atoms with Crippen LogP contribution in [0.5, 0.6) is 11.5 Å². The Kier molecular flexibility index (Phi) is 8.52. The molecule has 6 atom stereocenters. The second kappa shape index (κ2) is 11.9. The van der Waals surface area contributed by atoms with E-state index < -0.39 is 84.0 Å². The van der Waals surface area contributed by atoms with Crippen LogP contribution in [-0.4, -0.2) is 79.9 Å². The number of carbonyl (C=O) groups is 4. The Morgan fingerprint density at radius 3 is 2.16 bits per heavy atom. The molecule has 2 heterocycles. The maximum absolute atomic E-state index is 14.4. The largest absolute Gasteiger partial charge is 0.504 e. The molecule has 1 N–H and O–H groups in total. The smallest absolute Gasteiger partial charge is 0.301 e. The van der Waals surface area contributed by atoms with Gasteiger partial charge in [-0.25, -0.2) is 4.90 Å².